The van der Waals surface area contributed by atoms with Crippen molar-refractivity contribution in [1.29, 1.82) is 0 Å². The van der Waals surface area contributed by atoms with Crippen LogP contribution in [-0.4, -0.2) is 19.1 Å². The Morgan fingerprint density at radius 2 is 1.89 bits per heavy atom. The fraction of sp³-hybridized carbons (Fsp3) is 0.533. The third-order valence-electron chi connectivity index (χ3n) is 3.53. The minimum absolute atomic E-state index is 0.0180. The van der Waals surface area contributed by atoms with Crippen LogP contribution >= 0.6 is 0 Å². The molecule has 18 heavy (non-hydrogen) atoms. The lowest BCUT2D eigenvalue weighted by atomic mass is 9.95. The van der Waals surface area contributed by atoms with E-state index >= 15 is 0 Å². The topological polar surface area (TPSA) is 38.3 Å². The maximum atomic E-state index is 12.2. The molecular formula is C15H21NO2. The van der Waals surface area contributed by atoms with Gasteiger partial charge in [-0.25, -0.2) is 0 Å². The van der Waals surface area contributed by atoms with Gasteiger partial charge in [-0.3, -0.25) is 4.79 Å². The highest BCUT2D eigenvalue weighted by Gasteiger charge is 2.23. The zero-order valence-electron chi connectivity index (χ0n) is 10.9. The molecule has 1 atom stereocenters. The average Bonchev–Trinajstić information content (AvgIpc) is 2.42. The molecule has 3 nitrogen and oxygen atoms in total. The Morgan fingerprint density at radius 3 is 2.50 bits per heavy atom. The van der Waals surface area contributed by atoms with Gasteiger partial charge in [0.1, 0.15) is 0 Å². The van der Waals surface area contributed by atoms with Crippen molar-refractivity contribution in [3.05, 3.63) is 35.9 Å². The number of rotatable bonds is 4. The highest BCUT2D eigenvalue weighted by Crippen LogP contribution is 2.20. The van der Waals surface area contributed by atoms with Gasteiger partial charge in [0.2, 0.25) is 0 Å². The summed E-state index contributed by atoms with van der Waals surface area (Å²) in [6.07, 6.45) is 5.42. The van der Waals surface area contributed by atoms with Gasteiger partial charge in [-0.15, -0.1) is 0 Å². The van der Waals surface area contributed by atoms with Crippen molar-refractivity contribution in [3.63, 3.8) is 0 Å². The number of hydrogen-bond donors (Lipinski definition) is 1. The summed E-state index contributed by atoms with van der Waals surface area (Å²) in [5, 5.41) is 3.10. The standard InChI is InChI=1S/C15H21NO2/c1-18-14(12-8-4-2-5-9-12)15(17)16-13-10-6-3-7-11-13/h2,4-5,8-9,13-14H,3,6-7,10-11H2,1H3,(H,16,17)/t14-/m1/s1. The first-order valence-corrected chi connectivity index (χ1v) is 6.69. The van der Waals surface area contributed by atoms with Crippen LogP contribution in [0.5, 0.6) is 0 Å². The molecule has 0 aliphatic heterocycles. The lowest BCUT2D eigenvalue weighted by Gasteiger charge is -2.25. The van der Waals surface area contributed by atoms with E-state index in [0.717, 1.165) is 18.4 Å². The van der Waals surface area contributed by atoms with Crippen LogP contribution in [-0.2, 0) is 9.53 Å². The van der Waals surface area contributed by atoms with Gasteiger partial charge >= 0.3 is 0 Å². The first kappa shape index (κ1) is 13.1. The zero-order valence-corrected chi connectivity index (χ0v) is 10.9. The molecule has 0 saturated heterocycles. The second-order valence-corrected chi connectivity index (χ2v) is 4.87. The van der Waals surface area contributed by atoms with Gasteiger partial charge in [-0.2, -0.15) is 0 Å². The number of hydrogen-bond acceptors (Lipinski definition) is 2. The second kappa shape index (κ2) is 6.55. The van der Waals surface area contributed by atoms with Crippen molar-refractivity contribution in [3.8, 4) is 0 Å². The summed E-state index contributed by atoms with van der Waals surface area (Å²) in [4.78, 5) is 12.2. The Balaban J connectivity index is 1.97. The van der Waals surface area contributed by atoms with Gasteiger partial charge in [0, 0.05) is 13.2 Å². The van der Waals surface area contributed by atoms with E-state index in [0.29, 0.717) is 6.04 Å². The predicted molar refractivity (Wildman–Crippen MR) is 71.2 cm³/mol. The minimum atomic E-state index is -0.492. The third kappa shape index (κ3) is 3.33. The second-order valence-electron chi connectivity index (χ2n) is 4.87. The minimum Gasteiger partial charge on any atom is -0.367 e. The van der Waals surface area contributed by atoms with Crippen LogP contribution in [0.4, 0.5) is 0 Å². The van der Waals surface area contributed by atoms with Gasteiger partial charge < -0.3 is 10.1 Å². The summed E-state index contributed by atoms with van der Waals surface area (Å²) in [6.45, 7) is 0. The van der Waals surface area contributed by atoms with Crippen molar-refractivity contribution in [1.82, 2.24) is 5.32 Å². The lowest BCUT2D eigenvalue weighted by molar-refractivity contribution is -0.132. The zero-order chi connectivity index (χ0) is 12.8. The maximum Gasteiger partial charge on any atom is 0.253 e. The molecule has 0 radical (unpaired) electrons. The maximum absolute atomic E-state index is 12.2. The van der Waals surface area contributed by atoms with E-state index in [-0.39, 0.29) is 5.91 Å². The Labute approximate surface area is 109 Å². The molecular weight excluding hydrogens is 226 g/mol. The number of carbonyl (C=O) groups is 1. The Kier molecular flexibility index (Phi) is 4.76. The van der Waals surface area contributed by atoms with Crippen molar-refractivity contribution in [2.75, 3.05) is 7.11 Å². The van der Waals surface area contributed by atoms with Gasteiger partial charge in [0.25, 0.3) is 5.91 Å². The van der Waals surface area contributed by atoms with E-state index in [2.05, 4.69) is 5.32 Å². The molecule has 1 saturated carbocycles. The van der Waals surface area contributed by atoms with Crippen LogP contribution < -0.4 is 5.32 Å². The molecule has 1 aromatic rings. The summed E-state index contributed by atoms with van der Waals surface area (Å²) in [7, 11) is 1.58. The van der Waals surface area contributed by atoms with Crippen molar-refractivity contribution >= 4 is 5.91 Å². The molecule has 1 amide bonds. The molecule has 0 bridgehead atoms. The molecule has 1 fully saturated rings. The number of ether oxygens (including phenoxy) is 1. The summed E-state index contributed by atoms with van der Waals surface area (Å²) in [5.74, 6) is -0.0180. The average molecular weight is 247 g/mol. The van der Waals surface area contributed by atoms with Gasteiger partial charge in [0.15, 0.2) is 6.10 Å². The first-order chi connectivity index (χ1) is 8.81. The molecule has 0 aromatic heterocycles. The Morgan fingerprint density at radius 1 is 1.22 bits per heavy atom. The number of carbonyl (C=O) groups excluding carboxylic acids is 1. The van der Waals surface area contributed by atoms with Gasteiger partial charge in [0.05, 0.1) is 0 Å². The molecule has 3 heteroatoms. The summed E-state index contributed by atoms with van der Waals surface area (Å²) < 4.78 is 5.33. The third-order valence-corrected chi connectivity index (χ3v) is 3.53. The molecule has 2 rings (SSSR count). The monoisotopic (exact) mass is 247 g/mol. The van der Waals surface area contributed by atoms with E-state index in [1.807, 2.05) is 30.3 Å². The first-order valence-electron chi connectivity index (χ1n) is 6.69. The van der Waals surface area contributed by atoms with Crippen LogP contribution in [0.25, 0.3) is 0 Å². The molecule has 0 spiro atoms. The Hall–Kier alpha value is -1.35. The highest BCUT2D eigenvalue weighted by molar-refractivity contribution is 5.82. The quantitative estimate of drug-likeness (QED) is 0.888. The van der Waals surface area contributed by atoms with Crippen LogP contribution in [0.3, 0.4) is 0 Å². The van der Waals surface area contributed by atoms with Crippen LogP contribution in [0, 0.1) is 0 Å². The van der Waals surface area contributed by atoms with E-state index in [1.165, 1.54) is 19.3 Å². The molecule has 98 valence electrons. The lowest BCUT2D eigenvalue weighted by Crippen LogP contribution is -2.39. The normalized spacial score (nSPS) is 18.3. The van der Waals surface area contributed by atoms with Gasteiger partial charge in [-0.05, 0) is 18.4 Å². The fourth-order valence-electron chi connectivity index (χ4n) is 2.55. The summed E-state index contributed by atoms with van der Waals surface area (Å²) >= 11 is 0. The molecule has 0 unspecified atom stereocenters. The summed E-state index contributed by atoms with van der Waals surface area (Å²) in [6, 6.07) is 9.97. The van der Waals surface area contributed by atoms with E-state index in [1.54, 1.807) is 7.11 Å². The molecule has 1 aliphatic rings. The fourth-order valence-corrected chi connectivity index (χ4v) is 2.55. The SMILES string of the molecule is CO[C@@H](C(=O)NC1CCCCC1)c1ccccc1. The van der Waals surface area contributed by atoms with Crippen LogP contribution in [0.2, 0.25) is 0 Å². The Bertz CT molecular complexity index is 371. The van der Waals surface area contributed by atoms with Crippen LogP contribution in [0.15, 0.2) is 30.3 Å². The molecule has 0 heterocycles. The van der Waals surface area contributed by atoms with Crippen molar-refractivity contribution < 1.29 is 9.53 Å². The number of benzene rings is 1. The highest BCUT2D eigenvalue weighted by atomic mass is 16.5. The van der Waals surface area contributed by atoms with Crippen molar-refractivity contribution in [2.24, 2.45) is 0 Å². The molecule has 1 aromatic carbocycles. The molecule has 1 N–H and O–H groups in total. The summed E-state index contributed by atoms with van der Waals surface area (Å²) in [5.41, 5.74) is 0.910. The number of amides is 1. The van der Waals surface area contributed by atoms with E-state index in [9.17, 15) is 4.79 Å². The van der Waals surface area contributed by atoms with E-state index < -0.39 is 6.10 Å². The predicted octanol–water partition coefficient (Wildman–Crippen LogP) is 2.82. The van der Waals surface area contributed by atoms with Crippen LogP contribution in [0.1, 0.15) is 43.8 Å². The van der Waals surface area contributed by atoms with Crippen molar-refractivity contribution in [2.45, 2.75) is 44.2 Å². The van der Waals surface area contributed by atoms with Gasteiger partial charge in [-0.1, -0.05) is 49.6 Å². The smallest absolute Gasteiger partial charge is 0.253 e. The number of nitrogens with one attached hydrogen (secondary N) is 1. The molecule has 1 aliphatic carbocycles. The largest absolute Gasteiger partial charge is 0.367 e. The number of methoxy groups -OCH3 is 1. The van der Waals surface area contributed by atoms with E-state index in [4.69, 9.17) is 4.74 Å².